The number of carbonyl (C=O) groups is 1. The summed E-state index contributed by atoms with van der Waals surface area (Å²) in [5.41, 5.74) is 2.24. The highest BCUT2D eigenvalue weighted by molar-refractivity contribution is 7.12. The molecule has 6 heteroatoms. The minimum absolute atomic E-state index is 0.150. The maximum atomic E-state index is 12.2. The van der Waals surface area contributed by atoms with Gasteiger partial charge in [-0.1, -0.05) is 23.7 Å². The number of hydrogen-bond donors (Lipinski definition) is 2. The molecule has 0 radical (unpaired) electrons. The Morgan fingerprint density at radius 1 is 1.09 bits per heavy atom. The third-order valence-electron chi connectivity index (χ3n) is 2.96. The number of anilines is 1. The molecule has 1 aromatic heterocycles. The number of phenolic OH excluding ortho intramolecular Hbond substituents is 1. The number of carbonyl (C=O) groups excluding carboxylic acids is 1. The van der Waals surface area contributed by atoms with Crippen LogP contribution in [0.3, 0.4) is 0 Å². The fraction of sp³-hybridized carbons (Fsp3) is 0. The summed E-state index contributed by atoms with van der Waals surface area (Å²) in [7, 11) is 0. The molecule has 2 N–H and O–H groups in total. The van der Waals surface area contributed by atoms with Gasteiger partial charge in [-0.2, -0.15) is 0 Å². The molecule has 110 valence electrons. The van der Waals surface area contributed by atoms with Gasteiger partial charge in [0.05, 0.1) is 5.69 Å². The van der Waals surface area contributed by atoms with E-state index in [9.17, 15) is 9.90 Å². The average molecular weight is 331 g/mol. The molecule has 1 heterocycles. The standard InChI is InChI=1S/C16H11ClN2O2S/c17-11-3-1-10(2-4-11)14-9-22-16(19-14)15(21)18-12-5-7-13(20)8-6-12/h1-9,20H,(H,18,21). The summed E-state index contributed by atoms with van der Waals surface area (Å²) in [4.78, 5) is 16.5. The smallest absolute Gasteiger partial charge is 0.284 e. The van der Waals surface area contributed by atoms with Gasteiger partial charge in [0.1, 0.15) is 5.75 Å². The molecule has 0 aliphatic carbocycles. The van der Waals surface area contributed by atoms with Gasteiger partial charge in [-0.15, -0.1) is 11.3 Å². The summed E-state index contributed by atoms with van der Waals surface area (Å²) in [6.07, 6.45) is 0. The average Bonchev–Trinajstić information content (AvgIpc) is 3.00. The van der Waals surface area contributed by atoms with Crippen molar-refractivity contribution in [1.29, 1.82) is 0 Å². The first-order valence-electron chi connectivity index (χ1n) is 6.44. The number of halogens is 1. The molecule has 0 atom stereocenters. The first-order chi connectivity index (χ1) is 10.6. The second kappa shape index (κ2) is 6.17. The zero-order chi connectivity index (χ0) is 15.5. The summed E-state index contributed by atoms with van der Waals surface area (Å²) in [6.45, 7) is 0. The van der Waals surface area contributed by atoms with Crippen LogP contribution < -0.4 is 5.32 Å². The van der Waals surface area contributed by atoms with Crippen molar-refractivity contribution in [2.45, 2.75) is 0 Å². The largest absolute Gasteiger partial charge is 0.508 e. The molecule has 3 rings (SSSR count). The van der Waals surface area contributed by atoms with Crippen molar-refractivity contribution in [3.63, 3.8) is 0 Å². The lowest BCUT2D eigenvalue weighted by Crippen LogP contribution is -2.11. The number of nitrogens with zero attached hydrogens (tertiary/aromatic N) is 1. The molecule has 0 aliphatic rings. The van der Waals surface area contributed by atoms with E-state index in [1.165, 1.54) is 23.5 Å². The lowest BCUT2D eigenvalue weighted by atomic mass is 10.2. The van der Waals surface area contributed by atoms with E-state index in [4.69, 9.17) is 11.6 Å². The van der Waals surface area contributed by atoms with Gasteiger partial charge in [0.25, 0.3) is 5.91 Å². The highest BCUT2D eigenvalue weighted by Crippen LogP contribution is 2.24. The van der Waals surface area contributed by atoms with E-state index >= 15 is 0 Å². The van der Waals surface area contributed by atoms with Gasteiger partial charge < -0.3 is 10.4 Å². The van der Waals surface area contributed by atoms with Crippen LogP contribution in [0.1, 0.15) is 9.80 Å². The van der Waals surface area contributed by atoms with Crippen LogP contribution in [0.5, 0.6) is 5.75 Å². The molecule has 1 amide bonds. The van der Waals surface area contributed by atoms with Crippen LogP contribution in [0, 0.1) is 0 Å². The van der Waals surface area contributed by atoms with Gasteiger partial charge in [-0.25, -0.2) is 4.98 Å². The molecule has 0 saturated heterocycles. The first kappa shape index (κ1) is 14.6. The third kappa shape index (κ3) is 3.27. The molecule has 0 bridgehead atoms. The topological polar surface area (TPSA) is 62.2 Å². The third-order valence-corrected chi connectivity index (χ3v) is 4.06. The van der Waals surface area contributed by atoms with Gasteiger partial charge in [0.2, 0.25) is 0 Å². The Kier molecular flexibility index (Phi) is 4.09. The number of benzene rings is 2. The fourth-order valence-electron chi connectivity index (χ4n) is 1.86. The molecule has 4 nitrogen and oxygen atoms in total. The normalized spacial score (nSPS) is 10.4. The van der Waals surface area contributed by atoms with Gasteiger partial charge in [-0.05, 0) is 36.4 Å². The summed E-state index contributed by atoms with van der Waals surface area (Å²) >= 11 is 7.13. The Balaban J connectivity index is 1.76. The van der Waals surface area contributed by atoms with Gasteiger partial charge in [0.15, 0.2) is 5.01 Å². The predicted molar refractivity (Wildman–Crippen MR) is 88.6 cm³/mol. The van der Waals surface area contributed by atoms with Crippen molar-refractivity contribution < 1.29 is 9.90 Å². The Hall–Kier alpha value is -2.37. The Morgan fingerprint density at radius 2 is 1.77 bits per heavy atom. The van der Waals surface area contributed by atoms with Gasteiger partial charge >= 0.3 is 0 Å². The molecule has 0 spiro atoms. The zero-order valence-corrected chi connectivity index (χ0v) is 12.9. The minimum Gasteiger partial charge on any atom is -0.508 e. The molecule has 0 aliphatic heterocycles. The predicted octanol–water partition coefficient (Wildman–Crippen LogP) is 4.42. The summed E-state index contributed by atoms with van der Waals surface area (Å²) in [5, 5.41) is 14.8. The molecule has 0 fully saturated rings. The first-order valence-corrected chi connectivity index (χ1v) is 7.69. The Labute approximate surface area is 136 Å². The van der Waals surface area contributed by atoms with Gasteiger partial charge in [-0.3, -0.25) is 4.79 Å². The fourth-order valence-corrected chi connectivity index (χ4v) is 2.71. The second-order valence-electron chi connectivity index (χ2n) is 4.55. The Morgan fingerprint density at radius 3 is 2.45 bits per heavy atom. The van der Waals surface area contributed by atoms with E-state index in [1.807, 2.05) is 17.5 Å². The lowest BCUT2D eigenvalue weighted by Gasteiger charge is -2.02. The summed E-state index contributed by atoms with van der Waals surface area (Å²) < 4.78 is 0. The van der Waals surface area contributed by atoms with Crippen molar-refractivity contribution in [2.75, 3.05) is 5.32 Å². The second-order valence-corrected chi connectivity index (χ2v) is 5.84. The number of amides is 1. The molecule has 22 heavy (non-hydrogen) atoms. The lowest BCUT2D eigenvalue weighted by molar-refractivity contribution is 0.102. The van der Waals surface area contributed by atoms with Crippen molar-refractivity contribution in [2.24, 2.45) is 0 Å². The van der Waals surface area contributed by atoms with E-state index in [2.05, 4.69) is 10.3 Å². The summed E-state index contributed by atoms with van der Waals surface area (Å²) in [5.74, 6) is -0.131. The number of hydrogen-bond acceptors (Lipinski definition) is 4. The highest BCUT2D eigenvalue weighted by atomic mass is 35.5. The van der Waals surface area contributed by atoms with E-state index in [-0.39, 0.29) is 11.7 Å². The number of phenols is 1. The van der Waals surface area contributed by atoms with E-state index in [0.717, 1.165) is 11.3 Å². The molecule has 0 unspecified atom stereocenters. The number of aromatic hydroxyl groups is 1. The zero-order valence-electron chi connectivity index (χ0n) is 11.3. The number of nitrogens with one attached hydrogen (secondary N) is 1. The molecule has 0 saturated carbocycles. The van der Waals surface area contributed by atoms with Crippen LogP contribution in [0.15, 0.2) is 53.9 Å². The quantitative estimate of drug-likeness (QED) is 0.699. The van der Waals surface area contributed by atoms with E-state index < -0.39 is 0 Å². The van der Waals surface area contributed by atoms with Crippen molar-refractivity contribution in [3.8, 4) is 17.0 Å². The van der Waals surface area contributed by atoms with Gasteiger partial charge in [0, 0.05) is 21.7 Å². The molecule has 3 aromatic rings. The van der Waals surface area contributed by atoms with E-state index in [0.29, 0.717) is 15.7 Å². The van der Waals surface area contributed by atoms with Crippen LogP contribution >= 0.6 is 22.9 Å². The van der Waals surface area contributed by atoms with Crippen LogP contribution in [-0.2, 0) is 0 Å². The maximum Gasteiger partial charge on any atom is 0.284 e. The van der Waals surface area contributed by atoms with Crippen molar-refractivity contribution in [1.82, 2.24) is 4.98 Å². The minimum atomic E-state index is -0.282. The monoisotopic (exact) mass is 330 g/mol. The number of rotatable bonds is 3. The van der Waals surface area contributed by atoms with Crippen molar-refractivity contribution >= 4 is 34.5 Å². The molecular formula is C16H11ClN2O2S. The van der Waals surface area contributed by atoms with Crippen LogP contribution in [0.2, 0.25) is 5.02 Å². The Bertz CT molecular complexity index is 798. The van der Waals surface area contributed by atoms with Crippen molar-refractivity contribution in [3.05, 3.63) is 63.9 Å². The highest BCUT2D eigenvalue weighted by Gasteiger charge is 2.12. The van der Waals surface area contributed by atoms with Crippen LogP contribution in [0.25, 0.3) is 11.3 Å². The molecule has 2 aromatic carbocycles. The number of aromatic nitrogens is 1. The van der Waals surface area contributed by atoms with Crippen LogP contribution in [0.4, 0.5) is 5.69 Å². The molecular weight excluding hydrogens is 320 g/mol. The maximum absolute atomic E-state index is 12.2. The summed E-state index contributed by atoms with van der Waals surface area (Å²) in [6, 6.07) is 13.6. The SMILES string of the molecule is O=C(Nc1ccc(O)cc1)c1nc(-c2ccc(Cl)cc2)cs1. The number of thiazole rings is 1. The van der Waals surface area contributed by atoms with E-state index in [1.54, 1.807) is 24.3 Å². The van der Waals surface area contributed by atoms with Crippen LogP contribution in [-0.4, -0.2) is 16.0 Å².